The number of thiol groups is 1. The van der Waals surface area contributed by atoms with Crippen molar-refractivity contribution >= 4 is 28.6 Å². The molecule has 0 amide bonds. The zero-order chi connectivity index (χ0) is 14.8. The van der Waals surface area contributed by atoms with Crippen LogP contribution in [-0.2, 0) is 0 Å². The normalized spacial score (nSPS) is 10.8. The van der Waals surface area contributed by atoms with Crippen molar-refractivity contribution in [2.75, 3.05) is 12.4 Å². The summed E-state index contributed by atoms with van der Waals surface area (Å²) in [5.41, 5.74) is 0. The Balaban J connectivity index is 2.13. The molecule has 1 rings (SSSR count). The van der Waals surface area contributed by atoms with Gasteiger partial charge in [-0.25, -0.2) is 8.78 Å². The van der Waals surface area contributed by atoms with E-state index in [0.717, 1.165) is 24.7 Å². The number of unbranched alkanes of at least 4 members (excludes halogenated alkanes) is 6. The van der Waals surface area contributed by atoms with Gasteiger partial charge in [-0.1, -0.05) is 32.1 Å². The molecule has 5 heteroatoms. The van der Waals surface area contributed by atoms with Crippen LogP contribution in [0.25, 0.3) is 0 Å². The molecule has 0 saturated heterocycles. The molecule has 0 heterocycles. The fourth-order valence-electron chi connectivity index (χ4n) is 1.94. The Bertz CT molecular complexity index is 378. The first-order chi connectivity index (χ1) is 9.65. The molecule has 0 aliphatic carbocycles. The van der Waals surface area contributed by atoms with Gasteiger partial charge in [-0.2, -0.15) is 12.6 Å². The largest absolute Gasteiger partial charge is 0.489 e. The molecule has 20 heavy (non-hydrogen) atoms. The van der Waals surface area contributed by atoms with Crippen molar-refractivity contribution in [1.29, 1.82) is 0 Å². The number of hydrogen-bond donors (Lipinski definition) is 1. The lowest BCUT2D eigenvalue weighted by molar-refractivity contribution is 0.287. The second-order valence-electron chi connectivity index (χ2n) is 4.75. The summed E-state index contributed by atoms with van der Waals surface area (Å²) in [6.07, 6.45) is 8.03. The molecule has 0 N–H and O–H groups in total. The SMILES string of the molecule is Fc1cc(F)c(OCCCCCCCCCS)c(Br)c1. The number of rotatable bonds is 10. The Morgan fingerprint density at radius 1 is 0.950 bits per heavy atom. The lowest BCUT2D eigenvalue weighted by Gasteiger charge is -2.09. The van der Waals surface area contributed by atoms with E-state index in [1.165, 1.54) is 38.2 Å². The van der Waals surface area contributed by atoms with Gasteiger partial charge in [0.1, 0.15) is 5.82 Å². The van der Waals surface area contributed by atoms with Crippen molar-refractivity contribution in [1.82, 2.24) is 0 Å². The molecule has 0 spiro atoms. The summed E-state index contributed by atoms with van der Waals surface area (Å²) < 4.78 is 32.0. The Morgan fingerprint density at radius 3 is 2.15 bits per heavy atom. The minimum atomic E-state index is -0.663. The highest BCUT2D eigenvalue weighted by molar-refractivity contribution is 9.10. The molecule has 0 aromatic heterocycles. The van der Waals surface area contributed by atoms with Gasteiger partial charge in [0, 0.05) is 6.07 Å². The molecular formula is C15H21BrF2OS. The zero-order valence-corrected chi connectivity index (χ0v) is 14.0. The predicted octanol–water partition coefficient (Wildman–Crippen LogP) is 5.77. The molecule has 114 valence electrons. The third kappa shape index (κ3) is 6.93. The molecule has 0 aliphatic rings. The molecule has 0 bridgehead atoms. The van der Waals surface area contributed by atoms with Gasteiger partial charge >= 0.3 is 0 Å². The first kappa shape index (κ1) is 17.8. The van der Waals surface area contributed by atoms with Crippen LogP contribution in [0.3, 0.4) is 0 Å². The number of benzene rings is 1. The smallest absolute Gasteiger partial charge is 0.169 e. The minimum Gasteiger partial charge on any atom is -0.489 e. The maximum atomic E-state index is 13.5. The lowest BCUT2D eigenvalue weighted by Crippen LogP contribution is -2.00. The fraction of sp³-hybridized carbons (Fsp3) is 0.600. The van der Waals surface area contributed by atoms with Crippen molar-refractivity contribution in [2.24, 2.45) is 0 Å². The van der Waals surface area contributed by atoms with Crippen molar-refractivity contribution in [2.45, 2.75) is 44.9 Å². The zero-order valence-electron chi connectivity index (χ0n) is 11.5. The average Bonchev–Trinajstić information content (AvgIpc) is 2.39. The Labute approximate surface area is 133 Å². The van der Waals surface area contributed by atoms with Gasteiger partial charge in [0.2, 0.25) is 0 Å². The van der Waals surface area contributed by atoms with E-state index in [-0.39, 0.29) is 5.75 Å². The Morgan fingerprint density at radius 2 is 1.55 bits per heavy atom. The number of hydrogen-bond acceptors (Lipinski definition) is 2. The molecule has 0 saturated carbocycles. The third-order valence-corrected chi connectivity index (χ3v) is 3.92. The van der Waals surface area contributed by atoms with Crippen molar-refractivity contribution in [3.05, 3.63) is 28.2 Å². The minimum absolute atomic E-state index is 0.0974. The molecule has 0 radical (unpaired) electrons. The van der Waals surface area contributed by atoms with Gasteiger partial charge in [-0.05, 0) is 40.6 Å². The average molecular weight is 367 g/mol. The predicted molar refractivity (Wildman–Crippen MR) is 85.7 cm³/mol. The van der Waals surface area contributed by atoms with Crippen molar-refractivity contribution in [3.8, 4) is 5.75 Å². The summed E-state index contributed by atoms with van der Waals surface area (Å²) in [5, 5.41) is 0. The summed E-state index contributed by atoms with van der Waals surface area (Å²) in [7, 11) is 0. The second kappa shape index (κ2) is 10.4. The maximum absolute atomic E-state index is 13.5. The van der Waals surface area contributed by atoms with E-state index in [1.54, 1.807) is 0 Å². The fourth-order valence-corrected chi connectivity index (χ4v) is 2.68. The molecule has 0 aliphatic heterocycles. The standard InChI is InChI=1S/C15H21BrF2OS/c16-13-10-12(17)11-14(18)15(13)19-8-6-4-2-1-3-5-7-9-20/h10-11,20H,1-9H2. The summed E-state index contributed by atoms with van der Waals surface area (Å²) in [5.74, 6) is -0.210. The summed E-state index contributed by atoms with van der Waals surface area (Å²) in [4.78, 5) is 0. The van der Waals surface area contributed by atoms with Crippen LogP contribution < -0.4 is 4.74 Å². The van der Waals surface area contributed by atoms with Crippen LogP contribution in [-0.4, -0.2) is 12.4 Å². The van der Waals surface area contributed by atoms with Gasteiger partial charge in [-0.15, -0.1) is 0 Å². The summed E-state index contributed by atoms with van der Waals surface area (Å²) in [6, 6.07) is 2.04. The van der Waals surface area contributed by atoms with Gasteiger partial charge in [0.05, 0.1) is 11.1 Å². The van der Waals surface area contributed by atoms with Crippen molar-refractivity contribution in [3.63, 3.8) is 0 Å². The molecule has 1 nitrogen and oxygen atoms in total. The van der Waals surface area contributed by atoms with E-state index in [4.69, 9.17) is 4.74 Å². The van der Waals surface area contributed by atoms with Gasteiger partial charge < -0.3 is 4.74 Å². The van der Waals surface area contributed by atoms with E-state index in [2.05, 4.69) is 28.6 Å². The van der Waals surface area contributed by atoms with E-state index < -0.39 is 11.6 Å². The number of ether oxygens (including phenoxy) is 1. The first-order valence-electron chi connectivity index (χ1n) is 7.03. The summed E-state index contributed by atoms with van der Waals surface area (Å²) >= 11 is 7.28. The van der Waals surface area contributed by atoms with Crippen LogP contribution in [0.4, 0.5) is 8.78 Å². The monoisotopic (exact) mass is 366 g/mol. The molecule has 0 fully saturated rings. The molecule has 0 atom stereocenters. The van der Waals surface area contributed by atoms with Gasteiger partial charge in [0.15, 0.2) is 11.6 Å². The van der Waals surface area contributed by atoms with Crippen LogP contribution in [0.5, 0.6) is 5.75 Å². The number of halogens is 3. The van der Waals surface area contributed by atoms with Crippen LogP contribution in [0.2, 0.25) is 0 Å². The van der Waals surface area contributed by atoms with E-state index >= 15 is 0 Å². The van der Waals surface area contributed by atoms with Crippen LogP contribution in [0.1, 0.15) is 44.9 Å². The van der Waals surface area contributed by atoms with Crippen LogP contribution >= 0.6 is 28.6 Å². The van der Waals surface area contributed by atoms with E-state index in [1.807, 2.05) is 0 Å². The van der Waals surface area contributed by atoms with E-state index in [9.17, 15) is 8.78 Å². The summed E-state index contributed by atoms with van der Waals surface area (Å²) in [6.45, 7) is 0.456. The highest BCUT2D eigenvalue weighted by Crippen LogP contribution is 2.29. The van der Waals surface area contributed by atoms with Gasteiger partial charge in [-0.3, -0.25) is 0 Å². The van der Waals surface area contributed by atoms with Crippen LogP contribution in [0.15, 0.2) is 16.6 Å². The maximum Gasteiger partial charge on any atom is 0.169 e. The second-order valence-corrected chi connectivity index (χ2v) is 6.05. The highest BCUT2D eigenvalue weighted by Gasteiger charge is 2.10. The van der Waals surface area contributed by atoms with Crippen molar-refractivity contribution < 1.29 is 13.5 Å². The highest BCUT2D eigenvalue weighted by atomic mass is 79.9. The molecule has 1 aromatic rings. The Kier molecular flexibility index (Phi) is 9.27. The molecule has 0 unspecified atom stereocenters. The lowest BCUT2D eigenvalue weighted by atomic mass is 10.1. The Hall–Kier alpha value is -0.290. The third-order valence-electron chi connectivity index (χ3n) is 3.01. The quantitative estimate of drug-likeness (QED) is 0.408. The van der Waals surface area contributed by atoms with Gasteiger partial charge in [0.25, 0.3) is 0 Å². The van der Waals surface area contributed by atoms with E-state index in [0.29, 0.717) is 11.1 Å². The molecule has 1 aromatic carbocycles. The van der Waals surface area contributed by atoms with Crippen LogP contribution in [0, 0.1) is 11.6 Å². The topological polar surface area (TPSA) is 9.23 Å². The first-order valence-corrected chi connectivity index (χ1v) is 8.46. The molecular weight excluding hydrogens is 346 g/mol.